The van der Waals surface area contributed by atoms with Gasteiger partial charge in [0.05, 0.1) is 0 Å². The lowest BCUT2D eigenvalue weighted by atomic mass is 10.1. The topological polar surface area (TPSA) is 38.1 Å². The van der Waals surface area contributed by atoms with Gasteiger partial charge in [-0.05, 0) is 31.2 Å². The lowest BCUT2D eigenvalue weighted by Gasteiger charge is -1.96. The molecule has 4 heteroatoms. The van der Waals surface area contributed by atoms with E-state index in [1.807, 2.05) is 6.92 Å². The number of nitrogens with zero attached hydrogens (tertiary/aromatic N) is 1. The number of nitrogens with one attached hydrogen (secondary N) is 1. The summed E-state index contributed by atoms with van der Waals surface area (Å²) in [7, 11) is 1.74. The van der Waals surface area contributed by atoms with Gasteiger partial charge in [0.25, 0.3) is 6.01 Å². The first kappa shape index (κ1) is 9.71. The molecule has 0 aliphatic rings. The fourth-order valence-corrected chi connectivity index (χ4v) is 1.38. The van der Waals surface area contributed by atoms with Crippen molar-refractivity contribution in [1.82, 2.24) is 4.98 Å². The van der Waals surface area contributed by atoms with Crippen LogP contribution in [0.2, 0.25) is 0 Å². The van der Waals surface area contributed by atoms with Crippen molar-refractivity contribution < 1.29 is 8.81 Å². The Bertz CT molecular complexity index is 462. The number of rotatable bonds is 2. The molecule has 0 aliphatic carbocycles. The van der Waals surface area contributed by atoms with E-state index in [0.29, 0.717) is 11.8 Å². The number of hydrogen-bond donors (Lipinski definition) is 1. The normalized spacial score (nSPS) is 10.3. The summed E-state index contributed by atoms with van der Waals surface area (Å²) in [6.45, 7) is 1.83. The fourth-order valence-electron chi connectivity index (χ4n) is 1.38. The molecule has 0 amide bonds. The van der Waals surface area contributed by atoms with E-state index in [-0.39, 0.29) is 5.82 Å². The molecule has 0 atom stereocenters. The molecule has 0 unspecified atom stereocenters. The highest BCUT2D eigenvalue weighted by molar-refractivity contribution is 5.62. The van der Waals surface area contributed by atoms with Crippen molar-refractivity contribution in [3.63, 3.8) is 0 Å². The van der Waals surface area contributed by atoms with Crippen molar-refractivity contribution in [1.29, 1.82) is 0 Å². The van der Waals surface area contributed by atoms with E-state index in [9.17, 15) is 4.39 Å². The molecule has 2 aromatic rings. The van der Waals surface area contributed by atoms with E-state index in [2.05, 4.69) is 10.3 Å². The minimum atomic E-state index is -0.256. The Labute approximate surface area is 86.9 Å². The van der Waals surface area contributed by atoms with E-state index < -0.39 is 0 Å². The van der Waals surface area contributed by atoms with Gasteiger partial charge in [-0.25, -0.2) is 4.39 Å². The zero-order valence-corrected chi connectivity index (χ0v) is 8.54. The summed E-state index contributed by atoms with van der Waals surface area (Å²) in [5.41, 5.74) is 1.58. The molecule has 0 aliphatic heterocycles. The van der Waals surface area contributed by atoms with E-state index in [1.54, 1.807) is 19.2 Å². The summed E-state index contributed by atoms with van der Waals surface area (Å²) in [6, 6.07) is 6.64. The Kier molecular flexibility index (Phi) is 2.41. The van der Waals surface area contributed by atoms with Gasteiger partial charge in [-0.15, -0.1) is 0 Å². The second-order valence-corrected chi connectivity index (χ2v) is 3.18. The number of oxazole rings is 1. The Morgan fingerprint density at radius 3 is 2.47 bits per heavy atom. The Morgan fingerprint density at radius 1 is 1.27 bits per heavy atom. The second-order valence-electron chi connectivity index (χ2n) is 3.18. The molecule has 0 saturated heterocycles. The molecule has 0 bridgehead atoms. The Balaban J connectivity index is 2.44. The van der Waals surface area contributed by atoms with Crippen LogP contribution >= 0.6 is 0 Å². The molecular weight excluding hydrogens is 195 g/mol. The lowest BCUT2D eigenvalue weighted by Crippen LogP contribution is -1.87. The Morgan fingerprint density at radius 2 is 1.93 bits per heavy atom. The standard InChI is InChI=1S/C11H11FN2O/c1-7-10(14-11(13-2)15-7)8-3-5-9(12)6-4-8/h3-6H,1-2H3,(H,13,14). The minimum Gasteiger partial charge on any atom is -0.428 e. The fraction of sp³-hybridized carbons (Fsp3) is 0.182. The lowest BCUT2D eigenvalue weighted by molar-refractivity contribution is 0.544. The smallest absolute Gasteiger partial charge is 0.295 e. The van der Waals surface area contributed by atoms with E-state index in [4.69, 9.17) is 4.42 Å². The summed E-state index contributed by atoms with van der Waals surface area (Å²) in [4.78, 5) is 4.23. The maximum Gasteiger partial charge on any atom is 0.295 e. The van der Waals surface area contributed by atoms with Gasteiger partial charge in [-0.1, -0.05) is 0 Å². The van der Waals surface area contributed by atoms with Gasteiger partial charge >= 0.3 is 0 Å². The van der Waals surface area contributed by atoms with Gasteiger partial charge in [0, 0.05) is 12.6 Å². The summed E-state index contributed by atoms with van der Waals surface area (Å²) in [6.07, 6.45) is 0. The number of benzene rings is 1. The monoisotopic (exact) mass is 206 g/mol. The van der Waals surface area contributed by atoms with Crippen LogP contribution in [0.15, 0.2) is 28.7 Å². The molecule has 0 radical (unpaired) electrons. The first-order chi connectivity index (χ1) is 7.20. The highest BCUT2D eigenvalue weighted by Gasteiger charge is 2.10. The van der Waals surface area contributed by atoms with Crippen molar-refractivity contribution in [3.05, 3.63) is 35.8 Å². The van der Waals surface area contributed by atoms with Crippen LogP contribution in [0.3, 0.4) is 0 Å². The second kappa shape index (κ2) is 3.73. The van der Waals surface area contributed by atoms with Crippen molar-refractivity contribution in [2.45, 2.75) is 6.92 Å². The Hall–Kier alpha value is -1.84. The number of aromatic nitrogens is 1. The molecule has 1 N–H and O–H groups in total. The van der Waals surface area contributed by atoms with E-state index >= 15 is 0 Å². The maximum atomic E-state index is 12.7. The average Bonchev–Trinajstić information content (AvgIpc) is 2.61. The van der Waals surface area contributed by atoms with E-state index in [0.717, 1.165) is 11.3 Å². The maximum absolute atomic E-state index is 12.7. The first-order valence-corrected chi connectivity index (χ1v) is 4.62. The van der Waals surface area contributed by atoms with Gasteiger partial charge < -0.3 is 9.73 Å². The van der Waals surface area contributed by atoms with Crippen LogP contribution in [0.1, 0.15) is 5.76 Å². The molecular formula is C11H11FN2O. The van der Waals surface area contributed by atoms with Gasteiger partial charge in [0.1, 0.15) is 17.3 Å². The van der Waals surface area contributed by atoms with Crippen molar-refractivity contribution in [2.24, 2.45) is 0 Å². The third-order valence-corrected chi connectivity index (χ3v) is 2.13. The van der Waals surface area contributed by atoms with Crippen LogP contribution in [-0.4, -0.2) is 12.0 Å². The molecule has 0 fully saturated rings. The van der Waals surface area contributed by atoms with Gasteiger partial charge in [0.15, 0.2) is 0 Å². The van der Waals surface area contributed by atoms with Crippen LogP contribution in [0.25, 0.3) is 11.3 Å². The van der Waals surface area contributed by atoms with Crippen LogP contribution < -0.4 is 5.32 Å². The molecule has 1 aromatic heterocycles. The predicted octanol–water partition coefficient (Wildman–Crippen LogP) is 2.83. The van der Waals surface area contributed by atoms with Crippen molar-refractivity contribution in [2.75, 3.05) is 12.4 Å². The molecule has 1 heterocycles. The highest BCUT2D eigenvalue weighted by Crippen LogP contribution is 2.25. The van der Waals surface area contributed by atoms with Crippen LogP contribution in [0, 0.1) is 12.7 Å². The minimum absolute atomic E-state index is 0.256. The van der Waals surface area contributed by atoms with Gasteiger partial charge in [0.2, 0.25) is 0 Å². The SMILES string of the molecule is CNc1nc(-c2ccc(F)cc2)c(C)o1. The summed E-state index contributed by atoms with van der Waals surface area (Å²) in [5.74, 6) is 0.458. The zero-order valence-electron chi connectivity index (χ0n) is 8.54. The highest BCUT2D eigenvalue weighted by atomic mass is 19.1. The quantitative estimate of drug-likeness (QED) is 0.821. The van der Waals surface area contributed by atoms with Crippen LogP contribution in [0.4, 0.5) is 10.4 Å². The summed E-state index contributed by atoms with van der Waals surface area (Å²) in [5, 5.41) is 2.82. The largest absolute Gasteiger partial charge is 0.428 e. The first-order valence-electron chi connectivity index (χ1n) is 4.62. The van der Waals surface area contributed by atoms with Gasteiger partial charge in [-0.2, -0.15) is 4.98 Å². The average molecular weight is 206 g/mol. The number of aryl methyl sites for hydroxylation is 1. The molecule has 3 nitrogen and oxygen atoms in total. The number of hydrogen-bond acceptors (Lipinski definition) is 3. The predicted molar refractivity (Wildman–Crippen MR) is 56.2 cm³/mol. The van der Waals surface area contributed by atoms with Crippen molar-refractivity contribution >= 4 is 6.01 Å². The summed E-state index contributed by atoms with van der Waals surface area (Å²) < 4.78 is 18.1. The molecule has 1 aromatic carbocycles. The molecule has 78 valence electrons. The third kappa shape index (κ3) is 1.83. The third-order valence-electron chi connectivity index (χ3n) is 2.13. The van der Waals surface area contributed by atoms with E-state index in [1.165, 1.54) is 12.1 Å². The van der Waals surface area contributed by atoms with Gasteiger partial charge in [-0.3, -0.25) is 0 Å². The zero-order chi connectivity index (χ0) is 10.8. The molecule has 15 heavy (non-hydrogen) atoms. The molecule has 0 spiro atoms. The number of halogens is 1. The molecule has 2 rings (SSSR count). The van der Waals surface area contributed by atoms with Crippen LogP contribution in [-0.2, 0) is 0 Å². The summed E-state index contributed by atoms with van der Waals surface area (Å²) >= 11 is 0. The molecule has 0 saturated carbocycles. The van der Waals surface area contributed by atoms with Crippen molar-refractivity contribution in [3.8, 4) is 11.3 Å². The number of anilines is 1. The van der Waals surface area contributed by atoms with Crippen LogP contribution in [0.5, 0.6) is 0 Å².